The maximum absolute atomic E-state index is 11.7. The van der Waals surface area contributed by atoms with Gasteiger partial charge in [0, 0.05) is 44.5 Å². The smallest absolute Gasteiger partial charge is 0.323 e. The molecule has 0 aliphatic rings. The van der Waals surface area contributed by atoms with E-state index in [0.717, 1.165) is 33.8 Å². The van der Waals surface area contributed by atoms with Crippen molar-refractivity contribution in [3.63, 3.8) is 0 Å². The lowest BCUT2D eigenvalue weighted by Gasteiger charge is -2.09. The van der Waals surface area contributed by atoms with Crippen molar-refractivity contribution in [1.29, 1.82) is 0 Å². The van der Waals surface area contributed by atoms with Gasteiger partial charge in [-0.2, -0.15) is 0 Å². The molecule has 154 valence electrons. The second-order valence-corrected chi connectivity index (χ2v) is 9.25. The van der Waals surface area contributed by atoms with Gasteiger partial charge in [0.15, 0.2) is 0 Å². The first-order chi connectivity index (χ1) is 14.1. The molecule has 2 aromatic heterocycles. The molecule has 0 fully saturated rings. The van der Waals surface area contributed by atoms with Crippen molar-refractivity contribution >= 4 is 55.1 Å². The number of nitrogens with one attached hydrogen (secondary N) is 1. The van der Waals surface area contributed by atoms with Gasteiger partial charge in [-0.15, -0.1) is 0 Å². The minimum absolute atomic E-state index is 0.212. The third-order valence-electron chi connectivity index (χ3n) is 4.89. The number of nitrogens with zero attached hydrogens (tertiary/aromatic N) is 2. The van der Waals surface area contributed by atoms with E-state index in [2.05, 4.69) is 9.71 Å². The zero-order valence-corrected chi connectivity index (χ0v) is 17.8. The van der Waals surface area contributed by atoms with Gasteiger partial charge in [0.25, 0.3) is 0 Å². The molecule has 2 heterocycles. The summed E-state index contributed by atoms with van der Waals surface area (Å²) in [5, 5.41) is 11.6. The molecule has 2 aromatic carbocycles. The van der Waals surface area contributed by atoms with Gasteiger partial charge >= 0.3 is 5.97 Å². The van der Waals surface area contributed by atoms with Crippen LogP contribution in [0.4, 0.5) is 5.69 Å². The molecule has 0 amide bonds. The number of aliphatic carboxylic acids is 1. The summed E-state index contributed by atoms with van der Waals surface area (Å²) in [7, 11) is -3.46. The van der Waals surface area contributed by atoms with Crippen LogP contribution in [0.3, 0.4) is 0 Å². The first-order valence-electron chi connectivity index (χ1n) is 9.01. The fraction of sp³-hybridized carbons (Fsp3) is 0.143. The Morgan fingerprint density at radius 1 is 1.17 bits per heavy atom. The van der Waals surface area contributed by atoms with Crippen LogP contribution in [0, 0.1) is 6.92 Å². The summed E-state index contributed by atoms with van der Waals surface area (Å²) >= 11 is 6.11. The summed E-state index contributed by atoms with van der Waals surface area (Å²) in [6.07, 6.45) is 2.76. The molecule has 9 heteroatoms. The maximum Gasteiger partial charge on any atom is 0.323 e. The molecule has 0 atom stereocenters. The van der Waals surface area contributed by atoms with E-state index in [1.54, 1.807) is 41.1 Å². The number of aromatic nitrogens is 2. The molecule has 0 aliphatic heterocycles. The Bertz CT molecular complexity index is 1430. The quantitative estimate of drug-likeness (QED) is 0.479. The maximum atomic E-state index is 11.7. The highest BCUT2D eigenvalue weighted by atomic mass is 35.5. The SMILES string of the molecule is Cc1c(-c2ccnc3cc(Cl)ccc23)c2cc(NS(C)(=O)=O)ccc2n1CC(=O)O. The molecule has 0 saturated heterocycles. The van der Waals surface area contributed by atoms with Crippen LogP contribution in [-0.2, 0) is 21.4 Å². The van der Waals surface area contributed by atoms with Crippen molar-refractivity contribution < 1.29 is 18.3 Å². The normalized spacial score (nSPS) is 11.8. The summed E-state index contributed by atoms with van der Waals surface area (Å²) in [4.78, 5) is 15.9. The van der Waals surface area contributed by atoms with Gasteiger partial charge in [0.05, 0.1) is 11.8 Å². The summed E-state index contributed by atoms with van der Waals surface area (Å²) in [6, 6.07) is 12.3. The fourth-order valence-corrected chi connectivity index (χ4v) is 4.50. The van der Waals surface area contributed by atoms with Crippen LogP contribution in [-0.4, -0.2) is 35.3 Å². The van der Waals surface area contributed by atoms with Gasteiger partial charge in [-0.25, -0.2) is 8.42 Å². The van der Waals surface area contributed by atoms with Gasteiger partial charge < -0.3 is 9.67 Å². The molecule has 4 rings (SSSR count). The standard InChI is InChI=1S/C21H18ClN3O4S/c1-12-21(16-7-8-23-18-9-13(22)3-5-15(16)18)17-10-14(24-30(2,28)29)4-6-19(17)25(12)11-20(26)27/h3-10,24H,11H2,1-2H3,(H,26,27). The average molecular weight is 444 g/mol. The number of fused-ring (bicyclic) bond motifs is 2. The van der Waals surface area contributed by atoms with E-state index in [1.165, 1.54) is 0 Å². The van der Waals surface area contributed by atoms with E-state index in [1.807, 2.05) is 19.1 Å². The van der Waals surface area contributed by atoms with E-state index in [9.17, 15) is 18.3 Å². The van der Waals surface area contributed by atoms with Crippen LogP contribution < -0.4 is 4.72 Å². The molecule has 0 unspecified atom stereocenters. The highest BCUT2D eigenvalue weighted by Gasteiger charge is 2.20. The number of carbonyl (C=O) groups is 1. The number of pyridine rings is 1. The third-order valence-corrected chi connectivity index (χ3v) is 5.74. The number of anilines is 1. The predicted octanol–water partition coefficient (Wildman–Crippen LogP) is 4.27. The molecule has 2 N–H and O–H groups in total. The van der Waals surface area contributed by atoms with Crippen LogP contribution in [0.15, 0.2) is 48.7 Å². The van der Waals surface area contributed by atoms with Crippen molar-refractivity contribution in [3.05, 3.63) is 59.4 Å². The minimum atomic E-state index is -3.46. The van der Waals surface area contributed by atoms with Crippen LogP contribution in [0.1, 0.15) is 5.69 Å². The van der Waals surface area contributed by atoms with Gasteiger partial charge in [0.2, 0.25) is 10.0 Å². The Morgan fingerprint density at radius 2 is 1.93 bits per heavy atom. The second kappa shape index (κ2) is 7.30. The van der Waals surface area contributed by atoms with Crippen molar-refractivity contribution in [2.24, 2.45) is 0 Å². The predicted molar refractivity (Wildman–Crippen MR) is 119 cm³/mol. The summed E-state index contributed by atoms with van der Waals surface area (Å²) in [5.74, 6) is -0.966. The fourth-order valence-electron chi connectivity index (χ4n) is 3.78. The number of rotatable bonds is 5. The van der Waals surface area contributed by atoms with E-state index in [-0.39, 0.29) is 6.54 Å². The number of benzene rings is 2. The van der Waals surface area contributed by atoms with Crippen LogP contribution in [0.5, 0.6) is 0 Å². The Labute approximate surface area is 178 Å². The Morgan fingerprint density at radius 3 is 2.63 bits per heavy atom. The molecule has 0 aliphatic carbocycles. The number of sulfonamides is 1. The number of hydrogen-bond donors (Lipinski definition) is 2. The topological polar surface area (TPSA) is 101 Å². The van der Waals surface area contributed by atoms with Crippen molar-refractivity contribution in [2.45, 2.75) is 13.5 Å². The molecular weight excluding hydrogens is 426 g/mol. The van der Waals surface area contributed by atoms with Crippen LogP contribution in [0.25, 0.3) is 32.9 Å². The van der Waals surface area contributed by atoms with Crippen LogP contribution in [0.2, 0.25) is 5.02 Å². The number of hydrogen-bond acceptors (Lipinski definition) is 4. The Kier molecular flexibility index (Phi) is 4.91. The first-order valence-corrected chi connectivity index (χ1v) is 11.3. The Hall–Kier alpha value is -3.10. The zero-order valence-electron chi connectivity index (χ0n) is 16.2. The van der Waals surface area contributed by atoms with Crippen molar-refractivity contribution in [2.75, 3.05) is 11.0 Å². The number of carboxylic acid groups (broad SMARTS) is 1. The molecule has 0 spiro atoms. The Balaban J connectivity index is 2.06. The lowest BCUT2D eigenvalue weighted by atomic mass is 9.98. The van der Waals surface area contributed by atoms with E-state index < -0.39 is 16.0 Å². The largest absolute Gasteiger partial charge is 0.480 e. The molecule has 30 heavy (non-hydrogen) atoms. The van der Waals surface area contributed by atoms with Gasteiger partial charge in [-0.1, -0.05) is 17.7 Å². The summed E-state index contributed by atoms with van der Waals surface area (Å²) < 4.78 is 27.6. The van der Waals surface area contributed by atoms with E-state index in [4.69, 9.17) is 11.6 Å². The molecular formula is C21H18ClN3O4S. The molecule has 0 radical (unpaired) electrons. The third kappa shape index (κ3) is 3.71. The first kappa shape index (κ1) is 20.2. The lowest BCUT2D eigenvalue weighted by Crippen LogP contribution is -2.10. The summed E-state index contributed by atoms with van der Waals surface area (Å²) in [5.41, 5.74) is 4.25. The monoisotopic (exact) mass is 443 g/mol. The lowest BCUT2D eigenvalue weighted by molar-refractivity contribution is -0.137. The average Bonchev–Trinajstić information content (AvgIpc) is 2.90. The molecule has 0 saturated carbocycles. The molecule has 0 bridgehead atoms. The van der Waals surface area contributed by atoms with Gasteiger partial charge in [0.1, 0.15) is 6.54 Å². The zero-order chi connectivity index (χ0) is 21.6. The van der Waals surface area contributed by atoms with Gasteiger partial charge in [-0.05, 0) is 48.9 Å². The van der Waals surface area contributed by atoms with Crippen molar-refractivity contribution in [3.8, 4) is 11.1 Å². The number of carboxylic acids is 1. The summed E-state index contributed by atoms with van der Waals surface area (Å²) in [6.45, 7) is 1.64. The van der Waals surface area contributed by atoms with E-state index >= 15 is 0 Å². The van der Waals surface area contributed by atoms with E-state index in [0.29, 0.717) is 21.7 Å². The van der Waals surface area contributed by atoms with Crippen LogP contribution >= 0.6 is 11.6 Å². The highest BCUT2D eigenvalue weighted by Crippen LogP contribution is 2.39. The second-order valence-electron chi connectivity index (χ2n) is 7.07. The molecule has 4 aromatic rings. The number of halogens is 1. The van der Waals surface area contributed by atoms with Gasteiger partial charge in [-0.3, -0.25) is 14.5 Å². The minimum Gasteiger partial charge on any atom is -0.480 e. The van der Waals surface area contributed by atoms with Crippen molar-refractivity contribution in [1.82, 2.24) is 9.55 Å². The highest BCUT2D eigenvalue weighted by molar-refractivity contribution is 7.92. The molecule has 7 nitrogen and oxygen atoms in total.